The Morgan fingerprint density at radius 2 is 2.09 bits per heavy atom. The largest absolute Gasteiger partial charge is 0.448 e. The fourth-order valence-electron chi connectivity index (χ4n) is 3.52. The predicted octanol–water partition coefficient (Wildman–Crippen LogP) is 3.75. The van der Waals surface area contributed by atoms with E-state index in [0.29, 0.717) is 28.2 Å². The molecule has 1 fully saturated rings. The van der Waals surface area contributed by atoms with E-state index in [1.54, 1.807) is 18.4 Å². The Morgan fingerprint density at radius 3 is 2.84 bits per heavy atom. The minimum Gasteiger partial charge on any atom is -0.448 e. The molecule has 1 unspecified atom stereocenters. The molecule has 32 heavy (non-hydrogen) atoms. The molecule has 3 aromatic rings. The standard InChI is InChI=1S/C21H23Cl2N7O2/c22-15-4-3-12(6-16(15)23)8-27-21-29-17(7-24)18(19(31)30-21)26-10-14-11-32-20(28-14)13-2-1-5-25-9-13/h3-4,6-7,11,13,24-26H,1-2,5,8-10H2,(H2,27,29,30,31). The third-order valence-corrected chi connectivity index (χ3v) is 5.93. The van der Waals surface area contributed by atoms with Crippen molar-refractivity contribution in [2.75, 3.05) is 23.7 Å². The number of aromatic amines is 1. The third-order valence-electron chi connectivity index (χ3n) is 5.19. The van der Waals surface area contributed by atoms with Gasteiger partial charge < -0.3 is 25.8 Å². The van der Waals surface area contributed by atoms with Crippen molar-refractivity contribution in [1.29, 1.82) is 5.41 Å². The van der Waals surface area contributed by atoms with E-state index < -0.39 is 5.56 Å². The molecule has 0 spiro atoms. The van der Waals surface area contributed by atoms with Gasteiger partial charge in [0.2, 0.25) is 5.95 Å². The Hall–Kier alpha value is -2.88. The summed E-state index contributed by atoms with van der Waals surface area (Å²) in [5.41, 5.74) is 1.57. The molecule has 1 aliphatic heterocycles. The third kappa shape index (κ3) is 5.29. The maximum Gasteiger partial charge on any atom is 0.276 e. The summed E-state index contributed by atoms with van der Waals surface area (Å²) < 4.78 is 5.62. The van der Waals surface area contributed by atoms with E-state index in [9.17, 15) is 4.79 Å². The summed E-state index contributed by atoms with van der Waals surface area (Å²) in [5.74, 6) is 1.22. The van der Waals surface area contributed by atoms with E-state index in [4.69, 9.17) is 33.0 Å². The second-order valence-electron chi connectivity index (χ2n) is 7.50. The Labute approximate surface area is 194 Å². The van der Waals surface area contributed by atoms with Crippen LogP contribution in [-0.4, -0.2) is 34.3 Å². The van der Waals surface area contributed by atoms with Crippen LogP contribution in [0, 0.1) is 5.41 Å². The van der Waals surface area contributed by atoms with Crippen molar-refractivity contribution in [3.8, 4) is 0 Å². The number of anilines is 2. The molecule has 1 aliphatic rings. The summed E-state index contributed by atoms with van der Waals surface area (Å²) in [7, 11) is 0. The van der Waals surface area contributed by atoms with E-state index in [1.165, 1.54) is 0 Å². The van der Waals surface area contributed by atoms with Crippen molar-refractivity contribution in [3.63, 3.8) is 0 Å². The molecule has 0 amide bonds. The summed E-state index contributed by atoms with van der Waals surface area (Å²) in [6, 6.07) is 5.26. The van der Waals surface area contributed by atoms with Crippen molar-refractivity contribution in [2.45, 2.75) is 31.8 Å². The van der Waals surface area contributed by atoms with Gasteiger partial charge >= 0.3 is 0 Å². The SMILES string of the molecule is N=Cc1nc(NCc2ccc(Cl)c(Cl)c2)[nH]c(=O)c1NCc1coc(C2CCCNC2)n1. The lowest BCUT2D eigenvalue weighted by Crippen LogP contribution is -2.28. The van der Waals surface area contributed by atoms with Crippen LogP contribution in [-0.2, 0) is 13.1 Å². The zero-order valence-corrected chi connectivity index (χ0v) is 18.7. The van der Waals surface area contributed by atoms with Gasteiger partial charge in [-0.15, -0.1) is 0 Å². The molecule has 3 heterocycles. The van der Waals surface area contributed by atoms with Gasteiger partial charge in [0.25, 0.3) is 5.56 Å². The fourth-order valence-corrected chi connectivity index (χ4v) is 3.84. The molecular weight excluding hydrogens is 453 g/mol. The zero-order valence-electron chi connectivity index (χ0n) is 17.2. The molecular formula is C21H23Cl2N7O2. The minimum absolute atomic E-state index is 0.198. The molecule has 0 radical (unpaired) electrons. The highest BCUT2D eigenvalue weighted by atomic mass is 35.5. The van der Waals surface area contributed by atoms with Gasteiger partial charge in [0.1, 0.15) is 17.6 Å². The van der Waals surface area contributed by atoms with Crippen LogP contribution < -0.4 is 21.5 Å². The van der Waals surface area contributed by atoms with Crippen LogP contribution in [0.2, 0.25) is 10.0 Å². The van der Waals surface area contributed by atoms with Gasteiger partial charge in [0.15, 0.2) is 5.89 Å². The Morgan fingerprint density at radius 1 is 1.22 bits per heavy atom. The lowest BCUT2D eigenvalue weighted by atomic mass is 10.00. The number of nitrogens with zero attached hydrogens (tertiary/aromatic N) is 2. The van der Waals surface area contributed by atoms with E-state index >= 15 is 0 Å². The van der Waals surface area contributed by atoms with Crippen LogP contribution in [0.25, 0.3) is 0 Å². The van der Waals surface area contributed by atoms with Gasteiger partial charge in [0, 0.05) is 25.2 Å². The lowest BCUT2D eigenvalue weighted by Gasteiger charge is -2.19. The van der Waals surface area contributed by atoms with Crippen LogP contribution in [0.3, 0.4) is 0 Å². The summed E-state index contributed by atoms with van der Waals surface area (Å²) in [5, 5.41) is 18.0. The monoisotopic (exact) mass is 475 g/mol. The number of nitrogens with one attached hydrogen (secondary N) is 5. The highest BCUT2D eigenvalue weighted by Crippen LogP contribution is 2.24. The summed E-state index contributed by atoms with van der Waals surface area (Å²) >= 11 is 12.0. The number of hydrogen-bond donors (Lipinski definition) is 5. The molecule has 168 valence electrons. The topological polar surface area (TPSA) is 132 Å². The summed E-state index contributed by atoms with van der Waals surface area (Å²) in [4.78, 5) is 24.1. The lowest BCUT2D eigenvalue weighted by molar-refractivity contribution is 0.376. The first-order valence-corrected chi connectivity index (χ1v) is 11.0. The first kappa shape index (κ1) is 22.3. The van der Waals surface area contributed by atoms with E-state index in [2.05, 4.69) is 30.9 Å². The Bertz CT molecular complexity index is 1160. The molecule has 4 rings (SSSR count). The number of rotatable bonds is 8. The Balaban J connectivity index is 1.42. The molecule has 1 saturated heterocycles. The summed E-state index contributed by atoms with van der Waals surface area (Å²) in [6.07, 6.45) is 4.76. The van der Waals surface area contributed by atoms with Gasteiger partial charge in [-0.2, -0.15) is 0 Å². The van der Waals surface area contributed by atoms with Gasteiger partial charge in [-0.1, -0.05) is 29.3 Å². The number of piperidine rings is 1. The number of hydrogen-bond acceptors (Lipinski definition) is 8. The molecule has 0 bridgehead atoms. The smallest absolute Gasteiger partial charge is 0.276 e. The first-order chi connectivity index (χ1) is 15.5. The van der Waals surface area contributed by atoms with Crippen LogP contribution in [0.1, 0.15) is 41.6 Å². The molecule has 0 saturated carbocycles. The normalized spacial score (nSPS) is 16.0. The highest BCUT2D eigenvalue weighted by molar-refractivity contribution is 6.42. The molecule has 11 heteroatoms. The molecule has 2 aromatic heterocycles. The first-order valence-electron chi connectivity index (χ1n) is 10.2. The molecule has 0 aliphatic carbocycles. The fraction of sp³-hybridized carbons (Fsp3) is 0.333. The quantitative estimate of drug-likeness (QED) is 0.313. The van der Waals surface area contributed by atoms with Crippen molar-refractivity contribution in [2.24, 2.45) is 0 Å². The van der Waals surface area contributed by atoms with Crippen LogP contribution in [0.15, 0.2) is 33.7 Å². The number of H-pyrrole nitrogens is 1. The van der Waals surface area contributed by atoms with Crippen molar-refractivity contribution in [1.82, 2.24) is 20.3 Å². The van der Waals surface area contributed by atoms with Gasteiger partial charge in [0.05, 0.1) is 22.3 Å². The van der Waals surface area contributed by atoms with Gasteiger partial charge in [-0.3, -0.25) is 9.78 Å². The zero-order chi connectivity index (χ0) is 22.5. The van der Waals surface area contributed by atoms with Crippen molar-refractivity contribution < 1.29 is 4.42 Å². The van der Waals surface area contributed by atoms with Crippen LogP contribution >= 0.6 is 23.2 Å². The number of halogens is 2. The predicted molar refractivity (Wildman–Crippen MR) is 125 cm³/mol. The van der Waals surface area contributed by atoms with Gasteiger partial charge in [-0.05, 0) is 37.1 Å². The molecule has 1 atom stereocenters. The number of aromatic nitrogens is 3. The average Bonchev–Trinajstić information content (AvgIpc) is 3.28. The molecule has 1 aromatic carbocycles. The minimum atomic E-state index is -0.393. The maximum atomic E-state index is 12.6. The second kappa shape index (κ2) is 10.2. The van der Waals surface area contributed by atoms with E-state index in [1.807, 2.05) is 6.07 Å². The highest BCUT2D eigenvalue weighted by Gasteiger charge is 2.20. The summed E-state index contributed by atoms with van der Waals surface area (Å²) in [6.45, 7) is 2.53. The van der Waals surface area contributed by atoms with Gasteiger partial charge in [-0.25, -0.2) is 9.97 Å². The maximum absolute atomic E-state index is 12.6. The number of oxazole rings is 1. The van der Waals surface area contributed by atoms with E-state index in [-0.39, 0.29) is 29.8 Å². The average molecular weight is 476 g/mol. The van der Waals surface area contributed by atoms with Crippen molar-refractivity contribution >= 4 is 41.1 Å². The number of benzene rings is 1. The molecule has 5 N–H and O–H groups in total. The van der Waals surface area contributed by atoms with Crippen LogP contribution in [0.5, 0.6) is 0 Å². The Kier molecular flexibility index (Phi) is 7.09. The second-order valence-corrected chi connectivity index (χ2v) is 8.31. The molecule has 9 nitrogen and oxygen atoms in total. The van der Waals surface area contributed by atoms with E-state index in [0.717, 1.165) is 37.7 Å². The van der Waals surface area contributed by atoms with Crippen molar-refractivity contribution in [3.05, 3.63) is 67.7 Å². The van der Waals surface area contributed by atoms with Crippen LogP contribution in [0.4, 0.5) is 11.6 Å².